The van der Waals surface area contributed by atoms with Crippen molar-refractivity contribution in [2.45, 2.75) is 38.7 Å². The van der Waals surface area contributed by atoms with Crippen LogP contribution in [-0.4, -0.2) is 53.1 Å². The number of carbonyl (C=O) groups excluding carboxylic acids is 1. The lowest BCUT2D eigenvalue weighted by molar-refractivity contribution is 0.0691. The van der Waals surface area contributed by atoms with Gasteiger partial charge in [-0.3, -0.25) is 4.79 Å². The third kappa shape index (κ3) is 3.74. The van der Waals surface area contributed by atoms with Gasteiger partial charge in [-0.15, -0.1) is 0 Å². The lowest BCUT2D eigenvalue weighted by atomic mass is 9.99. The van der Waals surface area contributed by atoms with Gasteiger partial charge in [-0.1, -0.05) is 6.92 Å². The Morgan fingerprint density at radius 2 is 2.18 bits per heavy atom. The number of amides is 1. The maximum absolute atomic E-state index is 12.5. The highest BCUT2D eigenvalue weighted by Gasteiger charge is 2.22. The minimum Gasteiger partial charge on any atom is -0.376 e. The minimum absolute atomic E-state index is 0.00877. The summed E-state index contributed by atoms with van der Waals surface area (Å²) in [7, 11) is 0. The SMILES string of the molecule is CC1CCN(C(=O)c2cc(NCC3CCCO3)ncn2)CC1. The molecule has 1 atom stereocenters. The molecule has 3 heterocycles. The average molecular weight is 304 g/mol. The molecule has 1 N–H and O–H groups in total. The number of nitrogens with one attached hydrogen (secondary N) is 1. The molecule has 0 aromatic carbocycles. The Morgan fingerprint density at radius 3 is 2.91 bits per heavy atom. The van der Waals surface area contributed by atoms with Gasteiger partial charge in [0.25, 0.3) is 5.91 Å². The van der Waals surface area contributed by atoms with Crippen molar-refractivity contribution in [2.24, 2.45) is 5.92 Å². The summed E-state index contributed by atoms with van der Waals surface area (Å²) < 4.78 is 5.58. The summed E-state index contributed by atoms with van der Waals surface area (Å²) in [5.41, 5.74) is 0.472. The summed E-state index contributed by atoms with van der Waals surface area (Å²) in [6, 6.07) is 1.75. The van der Waals surface area contributed by atoms with Crippen molar-refractivity contribution >= 4 is 11.7 Å². The third-order valence-corrected chi connectivity index (χ3v) is 4.49. The number of hydrogen-bond acceptors (Lipinski definition) is 5. The molecule has 1 amide bonds. The van der Waals surface area contributed by atoms with E-state index >= 15 is 0 Å². The number of ether oxygens (including phenoxy) is 1. The molecule has 0 radical (unpaired) electrons. The van der Waals surface area contributed by atoms with E-state index in [1.165, 1.54) is 6.33 Å². The first-order valence-electron chi connectivity index (χ1n) is 8.19. The summed E-state index contributed by atoms with van der Waals surface area (Å²) in [5, 5.41) is 3.24. The van der Waals surface area contributed by atoms with E-state index in [0.29, 0.717) is 17.4 Å². The molecular weight excluding hydrogens is 280 g/mol. The lowest BCUT2D eigenvalue weighted by Crippen LogP contribution is -2.38. The first kappa shape index (κ1) is 15.2. The average Bonchev–Trinajstić information content (AvgIpc) is 3.07. The number of rotatable bonds is 4. The highest BCUT2D eigenvalue weighted by molar-refractivity contribution is 5.92. The molecule has 6 nitrogen and oxygen atoms in total. The van der Waals surface area contributed by atoms with Crippen molar-refractivity contribution in [3.05, 3.63) is 18.1 Å². The molecule has 0 aliphatic carbocycles. The van der Waals surface area contributed by atoms with E-state index in [1.807, 2.05) is 4.90 Å². The first-order chi connectivity index (χ1) is 10.7. The van der Waals surface area contributed by atoms with Crippen LogP contribution in [0.4, 0.5) is 5.82 Å². The van der Waals surface area contributed by atoms with Crippen molar-refractivity contribution in [1.82, 2.24) is 14.9 Å². The molecule has 3 rings (SSSR count). The van der Waals surface area contributed by atoms with E-state index in [9.17, 15) is 4.79 Å². The molecule has 120 valence electrons. The molecule has 2 saturated heterocycles. The summed E-state index contributed by atoms with van der Waals surface area (Å²) in [6.07, 6.45) is 6.04. The minimum atomic E-state index is 0.00877. The monoisotopic (exact) mass is 304 g/mol. The van der Waals surface area contributed by atoms with Crippen LogP contribution < -0.4 is 5.32 Å². The van der Waals surface area contributed by atoms with E-state index in [4.69, 9.17) is 4.74 Å². The molecule has 1 unspecified atom stereocenters. The van der Waals surface area contributed by atoms with Gasteiger partial charge in [-0.2, -0.15) is 0 Å². The maximum Gasteiger partial charge on any atom is 0.272 e. The van der Waals surface area contributed by atoms with Crippen LogP contribution in [0.1, 0.15) is 43.1 Å². The number of hydrogen-bond donors (Lipinski definition) is 1. The van der Waals surface area contributed by atoms with Gasteiger partial charge in [0.05, 0.1) is 6.10 Å². The smallest absolute Gasteiger partial charge is 0.272 e. The molecule has 2 fully saturated rings. The van der Waals surface area contributed by atoms with Gasteiger partial charge in [0.1, 0.15) is 17.8 Å². The largest absolute Gasteiger partial charge is 0.376 e. The number of anilines is 1. The molecular formula is C16H24N4O2. The standard InChI is InChI=1S/C16H24N4O2/c1-12-4-6-20(7-5-12)16(21)14-9-15(19-11-18-14)17-10-13-3-2-8-22-13/h9,11-13H,2-8,10H2,1H3,(H,17,18,19). The number of carbonyl (C=O) groups is 1. The van der Waals surface area contributed by atoms with E-state index in [0.717, 1.165) is 51.9 Å². The molecule has 2 aliphatic heterocycles. The zero-order valence-electron chi connectivity index (χ0n) is 13.1. The van der Waals surface area contributed by atoms with Gasteiger partial charge in [0.15, 0.2) is 0 Å². The Balaban J connectivity index is 1.59. The van der Waals surface area contributed by atoms with E-state index in [1.54, 1.807) is 6.07 Å². The van der Waals surface area contributed by atoms with Crippen molar-refractivity contribution in [2.75, 3.05) is 31.6 Å². The van der Waals surface area contributed by atoms with Crippen molar-refractivity contribution in [3.8, 4) is 0 Å². The summed E-state index contributed by atoms with van der Waals surface area (Å²) >= 11 is 0. The van der Waals surface area contributed by atoms with Gasteiger partial charge in [-0.05, 0) is 31.6 Å². The van der Waals surface area contributed by atoms with E-state index < -0.39 is 0 Å². The fourth-order valence-corrected chi connectivity index (χ4v) is 2.97. The third-order valence-electron chi connectivity index (χ3n) is 4.49. The quantitative estimate of drug-likeness (QED) is 0.921. The molecule has 0 spiro atoms. The molecule has 22 heavy (non-hydrogen) atoms. The Hall–Kier alpha value is -1.69. The topological polar surface area (TPSA) is 67.4 Å². The van der Waals surface area contributed by atoms with Gasteiger partial charge >= 0.3 is 0 Å². The zero-order chi connectivity index (χ0) is 15.4. The van der Waals surface area contributed by atoms with E-state index in [2.05, 4.69) is 22.2 Å². The second-order valence-corrected chi connectivity index (χ2v) is 6.28. The second kappa shape index (κ2) is 7.05. The summed E-state index contributed by atoms with van der Waals surface area (Å²) in [4.78, 5) is 22.7. The number of likely N-dealkylation sites (tertiary alicyclic amines) is 1. The zero-order valence-corrected chi connectivity index (χ0v) is 13.1. The van der Waals surface area contributed by atoms with Gasteiger partial charge in [-0.25, -0.2) is 9.97 Å². The summed E-state index contributed by atoms with van der Waals surface area (Å²) in [5.74, 6) is 1.41. The predicted molar refractivity (Wildman–Crippen MR) is 83.8 cm³/mol. The van der Waals surface area contributed by atoms with Crippen LogP contribution in [0.3, 0.4) is 0 Å². The molecule has 1 aromatic heterocycles. The van der Waals surface area contributed by atoms with Gasteiger partial charge in [0.2, 0.25) is 0 Å². The van der Waals surface area contributed by atoms with Crippen LogP contribution in [0.5, 0.6) is 0 Å². The van der Waals surface area contributed by atoms with Crippen molar-refractivity contribution < 1.29 is 9.53 Å². The Bertz CT molecular complexity index is 509. The van der Waals surface area contributed by atoms with Crippen LogP contribution in [-0.2, 0) is 4.74 Å². The second-order valence-electron chi connectivity index (χ2n) is 6.28. The van der Waals surface area contributed by atoms with Crippen LogP contribution in [0, 0.1) is 5.92 Å². The molecule has 0 saturated carbocycles. The van der Waals surface area contributed by atoms with Crippen LogP contribution in [0.25, 0.3) is 0 Å². The van der Waals surface area contributed by atoms with Crippen LogP contribution in [0.2, 0.25) is 0 Å². The molecule has 2 aliphatic rings. The highest BCUT2D eigenvalue weighted by atomic mass is 16.5. The van der Waals surface area contributed by atoms with Crippen molar-refractivity contribution in [1.29, 1.82) is 0 Å². The van der Waals surface area contributed by atoms with Crippen LogP contribution >= 0.6 is 0 Å². The Labute approximate surface area is 131 Å². The van der Waals surface area contributed by atoms with Crippen LogP contribution in [0.15, 0.2) is 12.4 Å². The molecule has 0 bridgehead atoms. The number of aromatic nitrogens is 2. The predicted octanol–water partition coefficient (Wildman–Crippen LogP) is 1.94. The van der Waals surface area contributed by atoms with Gasteiger partial charge in [0, 0.05) is 32.3 Å². The highest BCUT2D eigenvalue weighted by Crippen LogP contribution is 2.18. The normalized spacial score (nSPS) is 22.8. The molecule has 1 aromatic rings. The van der Waals surface area contributed by atoms with Gasteiger partial charge < -0.3 is 15.0 Å². The lowest BCUT2D eigenvalue weighted by Gasteiger charge is -2.30. The fraction of sp³-hybridized carbons (Fsp3) is 0.688. The number of nitrogens with zero attached hydrogens (tertiary/aromatic N) is 3. The first-order valence-corrected chi connectivity index (χ1v) is 8.19. The van der Waals surface area contributed by atoms with E-state index in [-0.39, 0.29) is 12.0 Å². The van der Waals surface area contributed by atoms with Crippen molar-refractivity contribution in [3.63, 3.8) is 0 Å². The fourth-order valence-electron chi connectivity index (χ4n) is 2.97. The summed E-state index contributed by atoms with van der Waals surface area (Å²) in [6.45, 7) is 5.45. The maximum atomic E-state index is 12.5. The Morgan fingerprint density at radius 1 is 1.36 bits per heavy atom. The Kier molecular flexibility index (Phi) is 4.87. The molecule has 6 heteroatoms. The number of piperidine rings is 1.